The zero-order valence-electron chi connectivity index (χ0n) is 13.8. The fraction of sp³-hybridized carbons (Fsp3) is 0.368. The Morgan fingerprint density at radius 3 is 2.39 bits per heavy atom. The van der Waals surface area contributed by atoms with Crippen molar-refractivity contribution in [3.63, 3.8) is 0 Å². The molecule has 0 aliphatic rings. The smallest absolute Gasteiger partial charge is 0.130 e. The van der Waals surface area contributed by atoms with Crippen molar-refractivity contribution in [2.45, 2.75) is 18.2 Å². The van der Waals surface area contributed by atoms with Gasteiger partial charge in [-0.25, -0.2) is 0 Å². The molecular weight excluding hydrogens is 372 g/mol. The Balaban J connectivity index is 2.36. The van der Waals surface area contributed by atoms with Crippen LogP contribution in [0.1, 0.15) is 22.3 Å². The van der Waals surface area contributed by atoms with E-state index in [1.165, 1.54) is 22.3 Å². The van der Waals surface area contributed by atoms with Gasteiger partial charge in [0.2, 0.25) is 0 Å². The van der Waals surface area contributed by atoms with Crippen molar-refractivity contribution in [3.8, 4) is 11.5 Å². The molecule has 0 atom stereocenters. The lowest BCUT2D eigenvalue weighted by Crippen LogP contribution is -2.04. The lowest BCUT2D eigenvalue weighted by molar-refractivity contribution is 0.409. The van der Waals surface area contributed by atoms with Crippen molar-refractivity contribution < 1.29 is 9.47 Å². The number of methoxy groups -OCH3 is 2. The minimum absolute atomic E-state index is 0.827. The van der Waals surface area contributed by atoms with Crippen LogP contribution in [0.2, 0.25) is 0 Å². The highest BCUT2D eigenvalue weighted by molar-refractivity contribution is 9.08. The van der Waals surface area contributed by atoms with Crippen LogP contribution >= 0.6 is 27.7 Å². The lowest BCUT2D eigenvalue weighted by atomic mass is 9.94. The molecule has 4 heteroatoms. The first kappa shape index (κ1) is 18.2. The quantitative estimate of drug-likeness (QED) is 0.594. The van der Waals surface area contributed by atoms with Gasteiger partial charge in [0.05, 0.1) is 14.2 Å². The number of hydrogen-bond donors (Lipinski definition) is 0. The molecule has 0 saturated carbocycles. The summed E-state index contributed by atoms with van der Waals surface area (Å²) in [5, 5.41) is 0.827. The summed E-state index contributed by atoms with van der Waals surface area (Å²) < 4.78 is 10.8. The highest BCUT2D eigenvalue weighted by Gasteiger charge is 2.14. The third-order valence-electron chi connectivity index (χ3n) is 3.86. The fourth-order valence-electron chi connectivity index (χ4n) is 2.58. The molecule has 0 bridgehead atoms. The first-order valence-corrected chi connectivity index (χ1v) is 10.0. The predicted octanol–water partition coefficient (Wildman–Crippen LogP) is 4.90. The summed E-state index contributed by atoms with van der Waals surface area (Å²) in [5.41, 5.74) is 5.13. The summed E-state index contributed by atoms with van der Waals surface area (Å²) in [7, 11) is 3.40. The third kappa shape index (κ3) is 4.67. The molecule has 2 nitrogen and oxygen atoms in total. The Labute approximate surface area is 151 Å². The van der Waals surface area contributed by atoms with E-state index < -0.39 is 0 Å². The van der Waals surface area contributed by atoms with Gasteiger partial charge < -0.3 is 9.47 Å². The van der Waals surface area contributed by atoms with Gasteiger partial charge in [0, 0.05) is 23.4 Å². The van der Waals surface area contributed by atoms with Crippen molar-refractivity contribution >= 4 is 27.7 Å². The van der Waals surface area contributed by atoms with E-state index in [9.17, 15) is 0 Å². The maximum Gasteiger partial charge on any atom is 0.130 e. The number of aryl methyl sites for hydroxylation is 1. The molecule has 1 radical (unpaired) electrons. The van der Waals surface area contributed by atoms with E-state index >= 15 is 0 Å². The van der Waals surface area contributed by atoms with Gasteiger partial charge >= 0.3 is 0 Å². The van der Waals surface area contributed by atoms with Crippen LogP contribution in [0.5, 0.6) is 11.5 Å². The van der Waals surface area contributed by atoms with Gasteiger partial charge in [-0.3, -0.25) is 0 Å². The second-order valence-corrected chi connectivity index (χ2v) is 6.75. The van der Waals surface area contributed by atoms with Crippen molar-refractivity contribution in [3.05, 3.63) is 58.7 Å². The van der Waals surface area contributed by atoms with E-state index in [1.807, 2.05) is 23.9 Å². The summed E-state index contributed by atoms with van der Waals surface area (Å²) in [4.78, 5) is 0. The molecular formula is C19H22BrO2S. The Morgan fingerprint density at radius 1 is 1.09 bits per heavy atom. The second kappa shape index (κ2) is 9.24. The minimum atomic E-state index is 0.827. The summed E-state index contributed by atoms with van der Waals surface area (Å²) in [5.74, 6) is 2.83. The molecule has 2 aromatic rings. The normalized spacial score (nSPS) is 10.6. The molecule has 0 saturated heterocycles. The van der Waals surface area contributed by atoms with Gasteiger partial charge in [0.1, 0.15) is 11.5 Å². The number of halogens is 1. The van der Waals surface area contributed by atoms with Crippen LogP contribution in [0.25, 0.3) is 0 Å². The number of benzene rings is 2. The zero-order chi connectivity index (χ0) is 16.7. The van der Waals surface area contributed by atoms with E-state index in [-0.39, 0.29) is 0 Å². The van der Waals surface area contributed by atoms with Gasteiger partial charge in [-0.05, 0) is 53.3 Å². The van der Waals surface area contributed by atoms with Crippen LogP contribution in [0.3, 0.4) is 0 Å². The highest BCUT2D eigenvalue weighted by Crippen LogP contribution is 2.30. The number of hydrogen-bond acceptors (Lipinski definition) is 3. The summed E-state index contributed by atoms with van der Waals surface area (Å²) in [6, 6.07) is 13.6. The highest BCUT2D eigenvalue weighted by atomic mass is 79.9. The van der Waals surface area contributed by atoms with Crippen LogP contribution in [0.4, 0.5) is 0 Å². The monoisotopic (exact) mass is 393 g/mol. The number of thioether (sulfide) groups is 1. The van der Waals surface area contributed by atoms with Crippen molar-refractivity contribution in [1.82, 2.24) is 0 Å². The second-order valence-electron chi connectivity index (χ2n) is 5.21. The standard InChI is InChI=1S/C19H22BrO2S/c1-21-16-7-4-14(5-8-16)12-17-18(13-20)15(10-11-23-3)6-9-19(17)22-2/h4-8H,10-13H2,1-3H3. The minimum Gasteiger partial charge on any atom is -0.497 e. The molecule has 0 aliphatic carbocycles. The summed E-state index contributed by atoms with van der Waals surface area (Å²) in [6.07, 6.45) is 4.02. The average Bonchev–Trinajstić information content (AvgIpc) is 2.60. The van der Waals surface area contributed by atoms with Crippen LogP contribution in [-0.4, -0.2) is 26.2 Å². The predicted molar refractivity (Wildman–Crippen MR) is 102 cm³/mol. The van der Waals surface area contributed by atoms with E-state index in [2.05, 4.69) is 46.5 Å². The topological polar surface area (TPSA) is 18.5 Å². The molecule has 0 heterocycles. The Morgan fingerprint density at radius 2 is 1.83 bits per heavy atom. The molecule has 0 aromatic heterocycles. The maximum atomic E-state index is 5.56. The molecule has 0 unspecified atom stereocenters. The summed E-state index contributed by atoms with van der Waals surface area (Å²) in [6.45, 7) is 0. The molecule has 0 amide bonds. The van der Waals surface area contributed by atoms with Crippen LogP contribution in [0, 0.1) is 6.07 Å². The average molecular weight is 394 g/mol. The van der Waals surface area contributed by atoms with Crippen molar-refractivity contribution in [2.24, 2.45) is 0 Å². The molecule has 2 aromatic carbocycles. The first-order valence-electron chi connectivity index (χ1n) is 7.50. The van der Waals surface area contributed by atoms with Gasteiger partial charge in [-0.1, -0.05) is 28.1 Å². The lowest BCUT2D eigenvalue weighted by Gasteiger charge is -2.17. The van der Waals surface area contributed by atoms with Crippen LogP contribution in [-0.2, 0) is 18.2 Å². The SMILES string of the molecule is COc1ccc(Cc2c(OC)[c]cc(CCSC)c2CBr)cc1. The van der Waals surface area contributed by atoms with Gasteiger partial charge in [-0.2, -0.15) is 11.8 Å². The molecule has 0 N–H and O–H groups in total. The molecule has 0 spiro atoms. The maximum absolute atomic E-state index is 5.56. The number of rotatable bonds is 8. The Bertz CT molecular complexity index is 626. The Hall–Kier alpha value is -1.13. The number of ether oxygens (including phenoxy) is 2. The van der Waals surface area contributed by atoms with E-state index in [1.54, 1.807) is 14.2 Å². The van der Waals surface area contributed by atoms with E-state index in [4.69, 9.17) is 9.47 Å². The van der Waals surface area contributed by atoms with Crippen molar-refractivity contribution in [2.75, 3.05) is 26.2 Å². The van der Waals surface area contributed by atoms with E-state index in [0.717, 1.165) is 35.4 Å². The number of alkyl halides is 1. The Kier molecular flexibility index (Phi) is 7.31. The van der Waals surface area contributed by atoms with Gasteiger partial charge in [-0.15, -0.1) is 0 Å². The van der Waals surface area contributed by atoms with Crippen molar-refractivity contribution in [1.29, 1.82) is 0 Å². The van der Waals surface area contributed by atoms with Gasteiger partial charge in [0.25, 0.3) is 0 Å². The van der Waals surface area contributed by atoms with Crippen LogP contribution in [0.15, 0.2) is 30.3 Å². The van der Waals surface area contributed by atoms with Gasteiger partial charge in [0.15, 0.2) is 0 Å². The van der Waals surface area contributed by atoms with Crippen LogP contribution < -0.4 is 9.47 Å². The zero-order valence-corrected chi connectivity index (χ0v) is 16.2. The molecule has 123 valence electrons. The van der Waals surface area contributed by atoms with E-state index in [0.29, 0.717) is 0 Å². The first-order chi connectivity index (χ1) is 11.2. The largest absolute Gasteiger partial charge is 0.497 e. The fourth-order valence-corrected chi connectivity index (χ4v) is 3.70. The third-order valence-corrected chi connectivity index (χ3v) is 5.03. The summed E-state index contributed by atoms with van der Waals surface area (Å²) >= 11 is 5.52. The molecule has 2 rings (SSSR count). The molecule has 0 aliphatic heterocycles. The molecule has 23 heavy (non-hydrogen) atoms. The molecule has 0 fully saturated rings.